The van der Waals surface area contributed by atoms with Crippen LogP contribution in [0.5, 0.6) is 17.2 Å². The zero-order valence-electron chi connectivity index (χ0n) is 13.1. The summed E-state index contributed by atoms with van der Waals surface area (Å²) in [6.45, 7) is 1.55. The molecule has 0 saturated carbocycles. The summed E-state index contributed by atoms with van der Waals surface area (Å²) in [7, 11) is 2.90. The number of hydrogen-bond donors (Lipinski definition) is 1. The second-order valence-electron chi connectivity index (χ2n) is 4.88. The Bertz CT molecular complexity index is 718. The second kappa shape index (κ2) is 7.00. The van der Waals surface area contributed by atoms with Crippen molar-refractivity contribution in [1.29, 1.82) is 0 Å². The molecule has 0 spiro atoms. The Labute approximate surface area is 133 Å². The lowest BCUT2D eigenvalue weighted by atomic mass is 10.0. The first-order chi connectivity index (χ1) is 11.0. The van der Waals surface area contributed by atoms with Crippen molar-refractivity contribution in [1.82, 2.24) is 0 Å². The van der Waals surface area contributed by atoms with Crippen molar-refractivity contribution in [2.75, 3.05) is 14.2 Å². The fourth-order valence-electron chi connectivity index (χ4n) is 2.12. The molecule has 0 radical (unpaired) electrons. The van der Waals surface area contributed by atoms with E-state index in [1.54, 1.807) is 37.3 Å². The van der Waals surface area contributed by atoms with Gasteiger partial charge in [0.05, 0.1) is 14.2 Å². The van der Waals surface area contributed by atoms with Gasteiger partial charge in [-0.3, -0.25) is 4.79 Å². The summed E-state index contributed by atoms with van der Waals surface area (Å²) in [5.74, 6) is -0.0504. The maximum absolute atomic E-state index is 13.9. The first-order valence-electron chi connectivity index (χ1n) is 6.94. The summed E-state index contributed by atoms with van der Waals surface area (Å²) in [5, 5.41) is 0. The molecule has 23 heavy (non-hydrogen) atoms. The van der Waals surface area contributed by atoms with Crippen LogP contribution in [0.4, 0.5) is 4.39 Å². The average Bonchev–Trinajstić information content (AvgIpc) is 2.54. The highest BCUT2D eigenvalue weighted by molar-refractivity contribution is 5.79. The highest BCUT2D eigenvalue weighted by Crippen LogP contribution is 2.36. The zero-order valence-corrected chi connectivity index (χ0v) is 13.1. The van der Waals surface area contributed by atoms with Gasteiger partial charge in [-0.15, -0.1) is 0 Å². The number of methoxy groups -OCH3 is 2. The molecule has 2 N–H and O–H groups in total. The van der Waals surface area contributed by atoms with Gasteiger partial charge in [0.25, 0.3) is 5.91 Å². The van der Waals surface area contributed by atoms with E-state index in [0.29, 0.717) is 22.6 Å². The minimum atomic E-state index is -0.802. The van der Waals surface area contributed by atoms with Gasteiger partial charge >= 0.3 is 0 Å². The summed E-state index contributed by atoms with van der Waals surface area (Å²) in [6, 6.07) is 9.62. The number of rotatable bonds is 6. The summed E-state index contributed by atoms with van der Waals surface area (Å²) in [4.78, 5) is 11.2. The minimum absolute atomic E-state index is 0.120. The van der Waals surface area contributed by atoms with Crippen LogP contribution in [-0.2, 0) is 4.79 Å². The zero-order chi connectivity index (χ0) is 17.0. The molecule has 2 aromatic carbocycles. The SMILES string of the molecule is COc1cc(OC(C)C(N)=O)cc(-c2cccc(F)c2OC)c1. The Balaban J connectivity index is 2.51. The first kappa shape index (κ1) is 16.6. The summed E-state index contributed by atoms with van der Waals surface area (Å²) < 4.78 is 29.7. The van der Waals surface area contributed by atoms with Crippen molar-refractivity contribution < 1.29 is 23.4 Å². The van der Waals surface area contributed by atoms with E-state index in [2.05, 4.69) is 0 Å². The van der Waals surface area contributed by atoms with Crippen LogP contribution in [0.2, 0.25) is 0 Å². The normalized spacial score (nSPS) is 11.7. The Morgan fingerprint density at radius 1 is 1.13 bits per heavy atom. The van der Waals surface area contributed by atoms with Gasteiger partial charge in [-0.25, -0.2) is 4.39 Å². The van der Waals surface area contributed by atoms with Crippen LogP contribution in [0.3, 0.4) is 0 Å². The van der Waals surface area contributed by atoms with Crippen molar-refractivity contribution in [2.24, 2.45) is 5.73 Å². The number of hydrogen-bond acceptors (Lipinski definition) is 4. The van der Waals surface area contributed by atoms with E-state index in [4.69, 9.17) is 19.9 Å². The van der Waals surface area contributed by atoms with Crippen LogP contribution in [-0.4, -0.2) is 26.2 Å². The van der Waals surface area contributed by atoms with Gasteiger partial charge in [-0.1, -0.05) is 12.1 Å². The number of carbonyl (C=O) groups is 1. The Hall–Kier alpha value is -2.76. The van der Waals surface area contributed by atoms with E-state index in [-0.39, 0.29) is 5.75 Å². The second-order valence-corrected chi connectivity index (χ2v) is 4.88. The van der Waals surface area contributed by atoms with E-state index in [1.807, 2.05) is 0 Å². The predicted molar refractivity (Wildman–Crippen MR) is 84.2 cm³/mol. The molecular formula is C17H18FNO4. The number of amides is 1. The van der Waals surface area contributed by atoms with Crippen molar-refractivity contribution >= 4 is 5.91 Å². The summed E-state index contributed by atoms with van der Waals surface area (Å²) in [6.07, 6.45) is -0.802. The number of carbonyl (C=O) groups excluding carboxylic acids is 1. The Morgan fingerprint density at radius 2 is 1.83 bits per heavy atom. The average molecular weight is 319 g/mol. The lowest BCUT2D eigenvalue weighted by molar-refractivity contribution is -0.123. The molecule has 0 heterocycles. The number of halogens is 1. The number of ether oxygens (including phenoxy) is 3. The molecule has 5 nitrogen and oxygen atoms in total. The van der Waals surface area contributed by atoms with E-state index in [9.17, 15) is 9.18 Å². The summed E-state index contributed by atoms with van der Waals surface area (Å²) >= 11 is 0. The smallest absolute Gasteiger partial charge is 0.258 e. The van der Waals surface area contributed by atoms with Crippen LogP contribution >= 0.6 is 0 Å². The molecule has 6 heteroatoms. The standard InChI is InChI=1S/C17H18FNO4/c1-10(17(19)20)23-13-8-11(7-12(9-13)21-2)14-5-4-6-15(18)16(14)22-3/h4-10H,1-3H3,(H2,19,20). The van der Waals surface area contributed by atoms with Crippen LogP contribution in [0, 0.1) is 5.82 Å². The number of nitrogens with two attached hydrogens (primary N) is 1. The molecule has 0 aromatic heterocycles. The van der Waals surface area contributed by atoms with Gasteiger partial charge in [0.15, 0.2) is 17.7 Å². The monoisotopic (exact) mass is 319 g/mol. The van der Waals surface area contributed by atoms with Gasteiger partial charge in [0, 0.05) is 11.6 Å². The molecule has 122 valence electrons. The van der Waals surface area contributed by atoms with Crippen molar-refractivity contribution in [3.63, 3.8) is 0 Å². The maximum atomic E-state index is 13.9. The summed E-state index contributed by atoms with van der Waals surface area (Å²) in [5.41, 5.74) is 6.38. The first-order valence-corrected chi connectivity index (χ1v) is 6.94. The molecule has 0 saturated heterocycles. The van der Waals surface area contributed by atoms with Crippen molar-refractivity contribution in [3.05, 3.63) is 42.2 Å². The molecule has 0 aliphatic rings. The highest BCUT2D eigenvalue weighted by atomic mass is 19.1. The maximum Gasteiger partial charge on any atom is 0.258 e. The predicted octanol–water partition coefficient (Wildman–Crippen LogP) is 2.76. The molecule has 0 fully saturated rings. The molecule has 0 aliphatic heterocycles. The number of primary amides is 1. The van der Waals surface area contributed by atoms with E-state index in [1.165, 1.54) is 20.3 Å². The molecule has 2 aromatic rings. The van der Waals surface area contributed by atoms with Crippen LogP contribution in [0.25, 0.3) is 11.1 Å². The van der Waals surface area contributed by atoms with E-state index in [0.717, 1.165) is 0 Å². The van der Waals surface area contributed by atoms with E-state index >= 15 is 0 Å². The highest BCUT2D eigenvalue weighted by Gasteiger charge is 2.15. The van der Waals surface area contributed by atoms with Gasteiger partial charge in [-0.05, 0) is 30.7 Å². The minimum Gasteiger partial charge on any atom is -0.497 e. The quantitative estimate of drug-likeness (QED) is 0.889. The molecular weight excluding hydrogens is 301 g/mol. The molecule has 1 amide bonds. The van der Waals surface area contributed by atoms with Gasteiger partial charge < -0.3 is 19.9 Å². The van der Waals surface area contributed by atoms with Crippen LogP contribution in [0.15, 0.2) is 36.4 Å². The lowest BCUT2D eigenvalue weighted by Gasteiger charge is -2.15. The Kier molecular flexibility index (Phi) is 5.05. The molecule has 0 bridgehead atoms. The van der Waals surface area contributed by atoms with E-state index < -0.39 is 17.8 Å². The largest absolute Gasteiger partial charge is 0.497 e. The van der Waals surface area contributed by atoms with Gasteiger partial charge in [0.1, 0.15) is 11.5 Å². The molecule has 1 atom stereocenters. The fourth-order valence-corrected chi connectivity index (χ4v) is 2.12. The molecule has 2 rings (SSSR count). The number of para-hydroxylation sites is 1. The third-order valence-corrected chi connectivity index (χ3v) is 3.31. The van der Waals surface area contributed by atoms with Gasteiger partial charge in [0.2, 0.25) is 0 Å². The van der Waals surface area contributed by atoms with Crippen LogP contribution < -0.4 is 19.9 Å². The van der Waals surface area contributed by atoms with Crippen LogP contribution in [0.1, 0.15) is 6.92 Å². The van der Waals surface area contributed by atoms with Gasteiger partial charge in [-0.2, -0.15) is 0 Å². The number of benzene rings is 2. The fraction of sp³-hybridized carbons (Fsp3) is 0.235. The third kappa shape index (κ3) is 3.71. The molecule has 0 aliphatic carbocycles. The van der Waals surface area contributed by atoms with Crippen molar-refractivity contribution in [2.45, 2.75) is 13.0 Å². The Morgan fingerprint density at radius 3 is 2.43 bits per heavy atom. The third-order valence-electron chi connectivity index (χ3n) is 3.31. The van der Waals surface area contributed by atoms with Crippen molar-refractivity contribution in [3.8, 4) is 28.4 Å². The topological polar surface area (TPSA) is 70.8 Å². The lowest BCUT2D eigenvalue weighted by Crippen LogP contribution is -2.30. The molecule has 1 unspecified atom stereocenters.